The zero-order chi connectivity index (χ0) is 18.2. The molecule has 0 unspecified atom stereocenters. The number of likely N-dealkylation sites (tertiary alicyclic amines) is 1. The lowest BCUT2D eigenvalue weighted by Crippen LogP contribution is -2.40. The van der Waals surface area contributed by atoms with Gasteiger partial charge in [-0.15, -0.1) is 0 Å². The number of nitriles is 1. The van der Waals surface area contributed by atoms with Crippen LogP contribution >= 0.6 is 0 Å². The van der Waals surface area contributed by atoms with E-state index < -0.39 is 0 Å². The maximum absolute atomic E-state index is 12.4. The number of nitrogens with zero attached hydrogens (tertiary/aromatic N) is 4. The molecule has 26 heavy (non-hydrogen) atoms. The van der Waals surface area contributed by atoms with Crippen LogP contribution < -0.4 is 0 Å². The first kappa shape index (κ1) is 19.6. The highest BCUT2D eigenvalue weighted by atomic mass is 16.5. The van der Waals surface area contributed by atoms with Gasteiger partial charge in [-0.05, 0) is 64.6 Å². The molecule has 6 nitrogen and oxygen atoms in total. The van der Waals surface area contributed by atoms with Crippen molar-refractivity contribution in [1.29, 1.82) is 5.26 Å². The van der Waals surface area contributed by atoms with Crippen LogP contribution in [-0.2, 0) is 9.53 Å². The summed E-state index contributed by atoms with van der Waals surface area (Å²) in [5, 5.41) is 9.57. The van der Waals surface area contributed by atoms with Gasteiger partial charge in [0.2, 0.25) is 5.91 Å². The van der Waals surface area contributed by atoms with Gasteiger partial charge in [0, 0.05) is 39.4 Å². The Morgan fingerprint density at radius 1 is 0.962 bits per heavy atom. The van der Waals surface area contributed by atoms with Crippen molar-refractivity contribution in [2.45, 2.75) is 44.9 Å². The second-order valence-corrected chi connectivity index (χ2v) is 8.17. The lowest BCUT2D eigenvalue weighted by molar-refractivity contribution is -0.131. The molecule has 3 rings (SSSR count). The van der Waals surface area contributed by atoms with Crippen LogP contribution in [0.5, 0.6) is 0 Å². The summed E-state index contributed by atoms with van der Waals surface area (Å²) < 4.78 is 5.42. The molecule has 3 heterocycles. The van der Waals surface area contributed by atoms with Gasteiger partial charge in [-0.2, -0.15) is 5.26 Å². The van der Waals surface area contributed by atoms with Crippen molar-refractivity contribution in [3.8, 4) is 6.07 Å². The smallest absolute Gasteiger partial charge is 0.236 e. The molecule has 1 amide bonds. The summed E-state index contributed by atoms with van der Waals surface area (Å²) in [6.07, 6.45) is 7.29. The number of carbonyl (C=O) groups excluding carboxylic acids is 1. The molecule has 0 aromatic carbocycles. The predicted molar refractivity (Wildman–Crippen MR) is 101 cm³/mol. The largest absolute Gasteiger partial charge is 0.381 e. The first-order valence-electron chi connectivity index (χ1n) is 10.4. The first-order valence-corrected chi connectivity index (χ1v) is 10.4. The Labute approximate surface area is 158 Å². The van der Waals surface area contributed by atoms with Gasteiger partial charge in [0.1, 0.15) is 0 Å². The third-order valence-corrected chi connectivity index (χ3v) is 6.32. The van der Waals surface area contributed by atoms with E-state index in [2.05, 4.69) is 15.9 Å². The molecule has 3 aliphatic rings. The van der Waals surface area contributed by atoms with Crippen molar-refractivity contribution in [1.82, 2.24) is 14.7 Å². The number of rotatable bonds is 6. The molecule has 3 aliphatic heterocycles. The molecule has 6 heteroatoms. The molecule has 0 aliphatic carbocycles. The Morgan fingerprint density at radius 3 is 2.38 bits per heavy atom. The van der Waals surface area contributed by atoms with Crippen LogP contribution in [0, 0.1) is 16.7 Å². The van der Waals surface area contributed by atoms with E-state index in [9.17, 15) is 10.1 Å². The molecule has 0 radical (unpaired) electrons. The Kier molecular flexibility index (Phi) is 7.30. The van der Waals surface area contributed by atoms with Crippen LogP contribution in [-0.4, -0.2) is 86.2 Å². The summed E-state index contributed by atoms with van der Waals surface area (Å²) in [5.41, 5.74) is -0.154. The van der Waals surface area contributed by atoms with E-state index in [0.29, 0.717) is 12.5 Å². The van der Waals surface area contributed by atoms with Crippen molar-refractivity contribution in [2.75, 3.05) is 65.6 Å². The topological polar surface area (TPSA) is 59.8 Å². The highest BCUT2D eigenvalue weighted by Crippen LogP contribution is 2.34. The second kappa shape index (κ2) is 9.68. The average molecular weight is 363 g/mol. The molecule has 146 valence electrons. The van der Waals surface area contributed by atoms with Crippen molar-refractivity contribution >= 4 is 5.91 Å². The monoisotopic (exact) mass is 362 g/mol. The zero-order valence-corrected chi connectivity index (χ0v) is 16.1. The fourth-order valence-corrected chi connectivity index (χ4v) is 4.48. The maximum atomic E-state index is 12.4. The fourth-order valence-electron chi connectivity index (χ4n) is 4.48. The van der Waals surface area contributed by atoms with Crippen molar-refractivity contribution in [2.24, 2.45) is 5.41 Å². The average Bonchev–Trinajstić information content (AvgIpc) is 3.12. The molecule has 0 saturated carbocycles. The number of ether oxygens (including phenoxy) is 1. The minimum absolute atomic E-state index is 0.154. The highest BCUT2D eigenvalue weighted by Gasteiger charge is 2.32. The molecule has 0 aromatic rings. The fraction of sp³-hybridized carbons (Fsp3) is 0.900. The van der Waals surface area contributed by atoms with Crippen molar-refractivity contribution in [3.63, 3.8) is 0 Å². The molecule has 3 saturated heterocycles. The standard InChI is InChI=1S/C20H34N4O2/c21-18-20(6-15-26-16-7-20)5-3-8-22-9-4-10-23(14-13-22)17-19(25)24-11-1-2-12-24/h1-17H2. The molecule has 0 spiro atoms. The van der Waals surface area contributed by atoms with E-state index in [1.807, 2.05) is 4.90 Å². The van der Waals surface area contributed by atoms with Gasteiger partial charge in [-0.1, -0.05) is 0 Å². The van der Waals surface area contributed by atoms with Gasteiger partial charge in [0.05, 0.1) is 18.0 Å². The Morgan fingerprint density at radius 2 is 1.65 bits per heavy atom. The third kappa shape index (κ3) is 5.42. The van der Waals surface area contributed by atoms with Gasteiger partial charge in [0.25, 0.3) is 0 Å². The molecular formula is C20H34N4O2. The van der Waals surface area contributed by atoms with E-state index in [1.54, 1.807) is 0 Å². The minimum Gasteiger partial charge on any atom is -0.381 e. The minimum atomic E-state index is -0.154. The summed E-state index contributed by atoms with van der Waals surface area (Å²) in [6.45, 7) is 9.17. The van der Waals surface area contributed by atoms with E-state index in [1.165, 1.54) is 0 Å². The highest BCUT2D eigenvalue weighted by molar-refractivity contribution is 5.78. The SMILES string of the molecule is N#CC1(CCCN2CCCN(CC(=O)N3CCCC3)CC2)CCOCC1. The van der Waals surface area contributed by atoms with E-state index in [4.69, 9.17) is 4.74 Å². The number of carbonyl (C=O) groups is 1. The van der Waals surface area contributed by atoms with Crippen LogP contribution in [0.3, 0.4) is 0 Å². The molecule has 0 N–H and O–H groups in total. The third-order valence-electron chi connectivity index (χ3n) is 6.32. The van der Waals surface area contributed by atoms with Gasteiger partial charge < -0.3 is 14.5 Å². The summed E-state index contributed by atoms with van der Waals surface area (Å²) in [5.74, 6) is 0.312. The summed E-state index contributed by atoms with van der Waals surface area (Å²) >= 11 is 0. The zero-order valence-electron chi connectivity index (χ0n) is 16.1. The number of hydrogen-bond donors (Lipinski definition) is 0. The molecule has 3 fully saturated rings. The van der Waals surface area contributed by atoms with E-state index >= 15 is 0 Å². The summed E-state index contributed by atoms with van der Waals surface area (Å²) in [4.78, 5) is 19.2. The van der Waals surface area contributed by atoms with Gasteiger partial charge in [-0.25, -0.2) is 0 Å². The quantitative estimate of drug-likeness (QED) is 0.720. The Bertz CT molecular complexity index is 493. The lowest BCUT2D eigenvalue weighted by Gasteiger charge is -2.31. The lowest BCUT2D eigenvalue weighted by atomic mass is 9.78. The number of amides is 1. The van der Waals surface area contributed by atoms with Gasteiger partial charge in [-0.3, -0.25) is 9.69 Å². The molecule has 0 bridgehead atoms. The number of hydrogen-bond acceptors (Lipinski definition) is 5. The van der Waals surface area contributed by atoms with Crippen molar-refractivity contribution in [3.05, 3.63) is 0 Å². The summed E-state index contributed by atoms with van der Waals surface area (Å²) in [6, 6.07) is 2.57. The summed E-state index contributed by atoms with van der Waals surface area (Å²) in [7, 11) is 0. The van der Waals surface area contributed by atoms with Crippen LogP contribution in [0.4, 0.5) is 0 Å². The van der Waals surface area contributed by atoms with Crippen LogP contribution in [0.25, 0.3) is 0 Å². The van der Waals surface area contributed by atoms with Crippen LogP contribution in [0.2, 0.25) is 0 Å². The van der Waals surface area contributed by atoms with Crippen LogP contribution in [0.15, 0.2) is 0 Å². The van der Waals surface area contributed by atoms with Gasteiger partial charge in [0.15, 0.2) is 0 Å². The van der Waals surface area contributed by atoms with Gasteiger partial charge >= 0.3 is 0 Å². The first-order chi connectivity index (χ1) is 12.7. The Hall–Kier alpha value is -1.16. The maximum Gasteiger partial charge on any atom is 0.236 e. The Balaban J connectivity index is 1.37. The normalized spacial score (nSPS) is 25.0. The van der Waals surface area contributed by atoms with Crippen molar-refractivity contribution < 1.29 is 9.53 Å². The predicted octanol–water partition coefficient (Wildman–Crippen LogP) is 1.72. The molecule has 0 atom stereocenters. The second-order valence-electron chi connectivity index (χ2n) is 8.17. The van der Waals surface area contributed by atoms with Crippen LogP contribution in [0.1, 0.15) is 44.9 Å². The molecular weight excluding hydrogens is 328 g/mol. The van der Waals surface area contributed by atoms with E-state index in [0.717, 1.165) is 104 Å². The van der Waals surface area contributed by atoms with E-state index in [-0.39, 0.29) is 5.41 Å². The molecule has 0 aromatic heterocycles.